The molecule has 2 radical (unpaired) electrons. The van der Waals surface area contributed by atoms with Crippen LogP contribution in [-0.2, 0) is 90.9 Å². The van der Waals surface area contributed by atoms with Crippen LogP contribution in [0, 0.1) is 0 Å². The normalized spacial score (nSPS) is 0. The molecule has 0 spiro atoms. The van der Waals surface area contributed by atoms with Crippen molar-refractivity contribution in [1.29, 1.82) is 0 Å². The molecule has 0 aromatic carbocycles. The van der Waals surface area contributed by atoms with Crippen LogP contribution in [0.1, 0.15) is 0 Å². The van der Waals surface area contributed by atoms with Gasteiger partial charge in [0.2, 0.25) is 0 Å². The van der Waals surface area contributed by atoms with Gasteiger partial charge in [0.1, 0.15) is 0 Å². The fraction of sp³-hybridized carbons (Fsp3) is 0. The average molecular weight is 383 g/mol. The fourth-order valence-corrected chi connectivity index (χ4v) is 0. The van der Waals surface area contributed by atoms with Gasteiger partial charge in [-0.3, -0.25) is 0 Å². The van der Waals surface area contributed by atoms with Gasteiger partial charge < -0.3 is 32.9 Å². The average Bonchev–Trinajstić information content (AvgIpc) is 0. The van der Waals surface area contributed by atoms with Crippen molar-refractivity contribution >= 4 is 0 Å². The zero-order valence-electron chi connectivity index (χ0n) is 3.72. The van der Waals surface area contributed by atoms with Gasteiger partial charge in [-0.15, -0.1) is 0 Å². The maximum Gasteiger partial charge on any atom is 5.00 e. The summed E-state index contributed by atoms with van der Waals surface area (Å²) >= 11 is 0. The van der Waals surface area contributed by atoms with Crippen molar-refractivity contribution in [2.45, 2.75) is 0 Å². The summed E-state index contributed by atoms with van der Waals surface area (Å²) in [6.07, 6.45) is 0. The van der Waals surface area contributed by atoms with Crippen LogP contribution in [0.2, 0.25) is 0 Å². The molecule has 0 aliphatic carbocycles. The molecule has 0 heterocycles. The van der Waals surface area contributed by atoms with E-state index >= 15 is 0 Å². The summed E-state index contributed by atoms with van der Waals surface area (Å²) in [4.78, 5) is 0. The molecule has 0 amide bonds. The zero-order chi connectivity index (χ0) is 0. The van der Waals surface area contributed by atoms with Crippen molar-refractivity contribution in [1.82, 2.24) is 0 Å². The molecule has 6 nitrogen and oxygen atoms in total. The summed E-state index contributed by atoms with van der Waals surface area (Å²) in [5, 5.41) is 0. The van der Waals surface area contributed by atoms with E-state index < -0.39 is 0 Å². The van der Waals surface area contributed by atoms with Gasteiger partial charge in [0.05, 0.1) is 0 Å². The van der Waals surface area contributed by atoms with Crippen LogP contribution in [0.15, 0.2) is 0 Å². The second-order valence-electron chi connectivity index (χ2n) is 0. The molecule has 0 aromatic heterocycles. The van der Waals surface area contributed by atoms with Crippen LogP contribution < -0.4 is 0 Å². The molecule has 0 aliphatic heterocycles. The van der Waals surface area contributed by atoms with E-state index in [1.807, 2.05) is 0 Å². The summed E-state index contributed by atoms with van der Waals surface area (Å²) in [6, 6.07) is 0. The molecule has 0 rings (SSSR count). The topological polar surface area (TPSA) is 171 Å². The maximum atomic E-state index is 0. The summed E-state index contributed by atoms with van der Waals surface area (Å²) < 4.78 is 0. The maximum absolute atomic E-state index is 0. The van der Waals surface area contributed by atoms with Crippen LogP contribution in [0.5, 0.6) is 0 Å². The predicted molar refractivity (Wildman–Crippen MR) is 4.12 cm³/mol. The fourth-order valence-electron chi connectivity index (χ4n) is 0. The second kappa shape index (κ2) is 276. The van der Waals surface area contributed by atoms with E-state index in [1.54, 1.807) is 0 Å². The van der Waals surface area contributed by atoms with Gasteiger partial charge in [0, 0.05) is 18.6 Å². The van der Waals surface area contributed by atoms with Crippen molar-refractivity contribution in [3.63, 3.8) is 0 Å². The quantitative estimate of drug-likeness (QED) is 0.481. The van der Waals surface area contributed by atoms with Gasteiger partial charge in [-0.05, 0) is 0 Å². The first-order valence-corrected chi connectivity index (χ1v) is 0. The third-order valence-corrected chi connectivity index (χ3v) is 0. The van der Waals surface area contributed by atoms with Crippen LogP contribution in [0.3, 0.4) is 0 Å². The minimum Gasteiger partial charge on any atom is -2.00 e. The number of hydrogen-bond acceptors (Lipinski definition) is 0. The Kier molecular flexibility index (Phi) is 11700. The van der Waals surface area contributed by atoms with Crippen LogP contribution in [0.25, 0.3) is 0 Å². The molecule has 9 heavy (non-hydrogen) atoms. The Morgan fingerprint density at radius 2 is 0.444 bits per heavy atom. The zero-order valence-corrected chi connectivity index (χ0v) is 9.51. The summed E-state index contributed by atoms with van der Waals surface area (Å²) in [7, 11) is 0. The van der Waals surface area contributed by atoms with Gasteiger partial charge in [-0.1, -0.05) is 0 Å². The Balaban J connectivity index is 0. The molecule has 0 N–H and O–H groups in total. The smallest absolute Gasteiger partial charge is 2.00 e. The van der Waals surface area contributed by atoms with Crippen molar-refractivity contribution in [2.75, 3.05) is 0 Å². The molecule has 0 bridgehead atoms. The van der Waals surface area contributed by atoms with Crippen molar-refractivity contribution in [3.05, 3.63) is 0 Å². The van der Waals surface area contributed by atoms with Crippen molar-refractivity contribution < 1.29 is 90.9 Å². The first-order chi connectivity index (χ1) is 0. The standard InChI is InChI=1S/Mn.6O.Ta.V/q+2;6*-2;+5;. The summed E-state index contributed by atoms with van der Waals surface area (Å²) in [5.74, 6) is 0. The van der Waals surface area contributed by atoms with Gasteiger partial charge in [-0.2, -0.15) is 0 Å². The third kappa shape index (κ3) is 216. The first kappa shape index (κ1) is 380. The molecule has 58 valence electrons. The molecule has 9 heteroatoms. The minimum absolute atomic E-state index is 0. The van der Waals surface area contributed by atoms with E-state index in [0.717, 1.165) is 0 Å². The van der Waals surface area contributed by atoms with E-state index in [-0.39, 0.29) is 90.9 Å². The van der Waals surface area contributed by atoms with Crippen LogP contribution in [-0.4, -0.2) is 0 Å². The second-order valence-corrected chi connectivity index (χ2v) is 0. The molecule has 0 fully saturated rings. The molecule has 0 atom stereocenters. The van der Waals surface area contributed by atoms with Gasteiger partial charge in [0.15, 0.2) is 0 Å². The monoisotopic (exact) mass is 383 g/mol. The largest absolute Gasteiger partial charge is 5.00 e. The van der Waals surface area contributed by atoms with Crippen molar-refractivity contribution in [2.24, 2.45) is 0 Å². The molecule has 0 aromatic rings. The van der Waals surface area contributed by atoms with Crippen LogP contribution in [0.4, 0.5) is 0 Å². The van der Waals surface area contributed by atoms with E-state index in [0.29, 0.717) is 0 Å². The molecule has 0 saturated carbocycles. The summed E-state index contributed by atoms with van der Waals surface area (Å²) in [6.45, 7) is 0. The van der Waals surface area contributed by atoms with E-state index in [2.05, 4.69) is 0 Å². The Morgan fingerprint density at radius 3 is 0.444 bits per heavy atom. The Morgan fingerprint density at radius 1 is 0.444 bits per heavy atom. The Hall–Kier alpha value is 1.60. The summed E-state index contributed by atoms with van der Waals surface area (Å²) in [5.41, 5.74) is 0. The molecular weight excluding hydrogens is 383 g/mol. The Bertz CT molecular complexity index is 13.0. The number of hydrogen-bond donors (Lipinski definition) is 0. The van der Waals surface area contributed by atoms with Crippen molar-refractivity contribution in [3.8, 4) is 0 Å². The van der Waals surface area contributed by atoms with Gasteiger partial charge in [0.25, 0.3) is 0 Å². The first-order valence-electron chi connectivity index (χ1n) is 0. The van der Waals surface area contributed by atoms with Crippen LogP contribution >= 0.6 is 0 Å². The SMILES string of the molecule is [Mn+2].[O-2].[O-2].[O-2].[O-2].[O-2].[O-2].[Ta+5].[V]. The molecule has 0 aliphatic rings. The Labute approximate surface area is 90.5 Å². The van der Waals surface area contributed by atoms with E-state index in [9.17, 15) is 0 Å². The van der Waals surface area contributed by atoms with E-state index in [1.165, 1.54) is 0 Å². The predicted octanol–water partition coefficient (Wildman–Crippen LogP) is -0.720. The molecular formula is MnO6TaV-5. The number of rotatable bonds is 0. The third-order valence-electron chi connectivity index (χ3n) is 0. The minimum atomic E-state index is 0. The molecule has 0 unspecified atom stereocenters. The van der Waals surface area contributed by atoms with Gasteiger partial charge in [-0.25, -0.2) is 0 Å². The van der Waals surface area contributed by atoms with E-state index in [4.69, 9.17) is 0 Å². The molecule has 0 saturated heterocycles. The van der Waals surface area contributed by atoms with Gasteiger partial charge >= 0.3 is 39.4 Å².